The molecule has 0 aliphatic carbocycles. The van der Waals surface area contributed by atoms with E-state index in [-0.39, 0.29) is 0 Å². The summed E-state index contributed by atoms with van der Waals surface area (Å²) in [5.74, 6) is 0. The Labute approximate surface area is 144 Å². The standard InChI is InChI=1S/C16H38O5Si2/c1-7-9-11-13-15(3,4)22(17,18)21-23(19,20)16(5,6)14-12-10-8-2/h17-20H,7-14H2,1-6H3. The Kier molecular flexibility index (Phi) is 9.17. The third kappa shape index (κ3) is 6.93. The largest absolute Gasteiger partial charge is 0.494 e. The molecule has 0 aliphatic heterocycles. The molecule has 7 heteroatoms. The average molecular weight is 367 g/mol. The fourth-order valence-corrected chi connectivity index (χ4v) is 7.24. The Bertz CT molecular complexity index is 311. The van der Waals surface area contributed by atoms with Crippen molar-refractivity contribution in [1.82, 2.24) is 0 Å². The zero-order valence-corrected chi connectivity index (χ0v) is 17.9. The predicted molar refractivity (Wildman–Crippen MR) is 97.8 cm³/mol. The first-order valence-corrected chi connectivity index (χ1v) is 12.5. The average Bonchev–Trinajstić information content (AvgIpc) is 2.37. The SMILES string of the molecule is CCCCCC(C)(C)[Si](O)(O)O[Si](O)(O)C(C)(C)CCCCC. The Morgan fingerprint density at radius 3 is 1.22 bits per heavy atom. The van der Waals surface area contributed by atoms with Crippen molar-refractivity contribution in [2.24, 2.45) is 0 Å². The Morgan fingerprint density at radius 2 is 0.957 bits per heavy atom. The molecule has 0 aliphatic rings. The highest BCUT2D eigenvalue weighted by Gasteiger charge is 2.60. The highest BCUT2D eigenvalue weighted by atomic mass is 28.5. The van der Waals surface area contributed by atoms with Gasteiger partial charge in [-0.2, -0.15) is 0 Å². The molecular weight excluding hydrogens is 328 g/mol. The van der Waals surface area contributed by atoms with E-state index in [1.54, 1.807) is 27.7 Å². The van der Waals surface area contributed by atoms with Crippen molar-refractivity contribution in [2.75, 3.05) is 0 Å². The van der Waals surface area contributed by atoms with E-state index >= 15 is 0 Å². The molecule has 0 aromatic rings. The van der Waals surface area contributed by atoms with Gasteiger partial charge in [-0.3, -0.25) is 0 Å². The van der Waals surface area contributed by atoms with Crippen LogP contribution in [0.25, 0.3) is 0 Å². The van der Waals surface area contributed by atoms with Gasteiger partial charge < -0.3 is 23.3 Å². The molecule has 0 spiro atoms. The second-order valence-electron chi connectivity index (χ2n) is 8.00. The second kappa shape index (κ2) is 9.08. The smallest absolute Gasteiger partial charge is 0.390 e. The number of unbranched alkanes of at least 4 members (excludes halogenated alkanes) is 4. The van der Waals surface area contributed by atoms with E-state index in [1.807, 2.05) is 0 Å². The molecule has 0 saturated heterocycles. The van der Waals surface area contributed by atoms with Crippen molar-refractivity contribution < 1.29 is 23.3 Å². The van der Waals surface area contributed by atoms with Crippen molar-refractivity contribution >= 4 is 17.6 Å². The summed E-state index contributed by atoms with van der Waals surface area (Å²) in [4.78, 5) is 42.0. The minimum absolute atomic E-state index is 0.598. The van der Waals surface area contributed by atoms with Crippen LogP contribution in [-0.2, 0) is 4.12 Å². The molecule has 0 heterocycles. The number of hydrogen-bond donors (Lipinski definition) is 4. The van der Waals surface area contributed by atoms with E-state index in [2.05, 4.69) is 13.8 Å². The predicted octanol–water partition coefficient (Wildman–Crippen LogP) is 3.57. The van der Waals surface area contributed by atoms with Gasteiger partial charge >= 0.3 is 17.6 Å². The van der Waals surface area contributed by atoms with Crippen LogP contribution in [0.4, 0.5) is 0 Å². The van der Waals surface area contributed by atoms with Crippen molar-refractivity contribution in [3.8, 4) is 0 Å². The van der Waals surface area contributed by atoms with Crippen LogP contribution in [0.15, 0.2) is 0 Å². The van der Waals surface area contributed by atoms with Gasteiger partial charge in [-0.15, -0.1) is 0 Å². The molecule has 0 amide bonds. The van der Waals surface area contributed by atoms with E-state index < -0.39 is 27.7 Å². The number of rotatable bonds is 12. The minimum atomic E-state index is -4.21. The minimum Gasteiger partial charge on any atom is -0.390 e. The molecule has 4 N–H and O–H groups in total. The van der Waals surface area contributed by atoms with Crippen molar-refractivity contribution in [1.29, 1.82) is 0 Å². The lowest BCUT2D eigenvalue weighted by atomic mass is 10.0. The van der Waals surface area contributed by atoms with Crippen LogP contribution in [-0.4, -0.2) is 36.8 Å². The molecule has 140 valence electrons. The first kappa shape index (κ1) is 23.2. The van der Waals surface area contributed by atoms with E-state index in [9.17, 15) is 19.2 Å². The third-order valence-corrected chi connectivity index (χ3v) is 11.2. The molecule has 0 bridgehead atoms. The number of hydrogen-bond acceptors (Lipinski definition) is 5. The lowest BCUT2D eigenvalue weighted by Gasteiger charge is -2.42. The zero-order valence-electron chi connectivity index (χ0n) is 15.9. The van der Waals surface area contributed by atoms with Gasteiger partial charge in [0.05, 0.1) is 0 Å². The highest BCUT2D eigenvalue weighted by molar-refractivity contribution is 6.75. The fourth-order valence-electron chi connectivity index (χ4n) is 2.43. The van der Waals surface area contributed by atoms with Crippen LogP contribution >= 0.6 is 0 Å². The maximum Gasteiger partial charge on any atom is 0.494 e. The normalized spacial score (nSPS) is 14.3. The van der Waals surface area contributed by atoms with Crippen LogP contribution < -0.4 is 0 Å². The summed E-state index contributed by atoms with van der Waals surface area (Å²) in [7, 11) is -8.42. The van der Waals surface area contributed by atoms with Crippen LogP contribution in [0, 0.1) is 0 Å². The van der Waals surface area contributed by atoms with E-state index in [0.29, 0.717) is 12.8 Å². The van der Waals surface area contributed by atoms with Crippen LogP contribution in [0.1, 0.15) is 92.9 Å². The Balaban J connectivity index is 4.94. The summed E-state index contributed by atoms with van der Waals surface area (Å²) in [5, 5.41) is -1.68. The molecule has 0 fully saturated rings. The molecule has 0 atom stereocenters. The van der Waals surface area contributed by atoms with Crippen LogP contribution in [0.3, 0.4) is 0 Å². The van der Waals surface area contributed by atoms with Gasteiger partial charge in [-0.1, -0.05) is 80.1 Å². The zero-order chi connectivity index (χ0) is 18.4. The first-order chi connectivity index (χ1) is 10.3. The topological polar surface area (TPSA) is 90.2 Å². The van der Waals surface area contributed by atoms with E-state index in [4.69, 9.17) is 4.12 Å². The van der Waals surface area contributed by atoms with Crippen molar-refractivity contribution in [2.45, 2.75) is 103 Å². The third-order valence-electron chi connectivity index (χ3n) is 4.86. The van der Waals surface area contributed by atoms with Gasteiger partial charge in [0, 0.05) is 10.1 Å². The Hall–Kier alpha value is 0.234. The molecule has 0 aromatic heterocycles. The lowest BCUT2D eigenvalue weighted by molar-refractivity contribution is 0.108. The van der Waals surface area contributed by atoms with E-state index in [0.717, 1.165) is 38.5 Å². The maximum atomic E-state index is 10.5. The molecule has 0 unspecified atom stereocenters. The van der Waals surface area contributed by atoms with Gasteiger partial charge in [-0.25, -0.2) is 0 Å². The van der Waals surface area contributed by atoms with Gasteiger partial charge in [-0.05, 0) is 12.8 Å². The van der Waals surface area contributed by atoms with Crippen molar-refractivity contribution in [3.63, 3.8) is 0 Å². The molecule has 0 aromatic carbocycles. The molecule has 0 rings (SSSR count). The summed E-state index contributed by atoms with van der Waals surface area (Å²) in [6.07, 6.45) is 7.05. The summed E-state index contributed by atoms with van der Waals surface area (Å²) >= 11 is 0. The summed E-state index contributed by atoms with van der Waals surface area (Å²) in [5.41, 5.74) is 0. The highest BCUT2D eigenvalue weighted by Crippen LogP contribution is 2.45. The van der Waals surface area contributed by atoms with E-state index in [1.165, 1.54) is 0 Å². The van der Waals surface area contributed by atoms with Gasteiger partial charge in [0.2, 0.25) is 0 Å². The van der Waals surface area contributed by atoms with Gasteiger partial charge in [0.25, 0.3) is 0 Å². The molecule has 5 nitrogen and oxygen atoms in total. The summed E-state index contributed by atoms with van der Waals surface area (Å²) < 4.78 is 5.32. The maximum absolute atomic E-state index is 10.5. The summed E-state index contributed by atoms with van der Waals surface area (Å²) in [6.45, 7) is 11.1. The summed E-state index contributed by atoms with van der Waals surface area (Å²) in [6, 6.07) is 0. The van der Waals surface area contributed by atoms with Gasteiger partial charge in [0.15, 0.2) is 0 Å². The van der Waals surface area contributed by atoms with Crippen molar-refractivity contribution in [3.05, 3.63) is 0 Å². The molecular formula is C16H38O5Si2. The lowest BCUT2D eigenvalue weighted by Crippen LogP contribution is -2.62. The monoisotopic (exact) mass is 366 g/mol. The van der Waals surface area contributed by atoms with Gasteiger partial charge in [0.1, 0.15) is 0 Å². The quantitative estimate of drug-likeness (QED) is 0.313. The molecule has 23 heavy (non-hydrogen) atoms. The van der Waals surface area contributed by atoms with Crippen LogP contribution in [0.2, 0.25) is 10.1 Å². The molecule has 0 radical (unpaired) electrons. The Morgan fingerprint density at radius 1 is 0.652 bits per heavy atom. The first-order valence-electron chi connectivity index (χ1n) is 8.92. The fraction of sp³-hybridized carbons (Fsp3) is 1.00. The van der Waals surface area contributed by atoms with Crippen LogP contribution in [0.5, 0.6) is 0 Å². The molecule has 0 saturated carbocycles. The second-order valence-corrected chi connectivity index (χ2v) is 14.0.